The highest BCUT2D eigenvalue weighted by Gasteiger charge is 2.47. The van der Waals surface area contributed by atoms with Gasteiger partial charge in [-0.1, -0.05) is 278 Å². The Labute approximate surface area is 634 Å². The molecule has 2 aliphatic heterocycles. The average molecular weight is 1420 g/mol. The second kappa shape index (κ2) is 27.0. The highest BCUT2D eigenvalue weighted by Crippen LogP contribution is 2.54. The Morgan fingerprint density at radius 1 is 0.349 bits per heavy atom. The van der Waals surface area contributed by atoms with Crippen molar-refractivity contribution in [2.24, 2.45) is 0 Å². The molecule has 0 fully saturated rings. The summed E-state index contributed by atoms with van der Waals surface area (Å²) in [6, 6.07) is 90.4. The summed E-state index contributed by atoms with van der Waals surface area (Å²) < 4.78 is 2.52. The van der Waals surface area contributed by atoms with E-state index in [1.54, 1.807) is 12.4 Å². The second-order valence-corrected chi connectivity index (χ2v) is 43.0. The van der Waals surface area contributed by atoms with Gasteiger partial charge in [0.1, 0.15) is 0 Å². The van der Waals surface area contributed by atoms with Crippen molar-refractivity contribution in [3.8, 4) is 27.9 Å². The van der Waals surface area contributed by atoms with Crippen LogP contribution in [-0.4, -0.2) is 61.2 Å². The van der Waals surface area contributed by atoms with Gasteiger partial charge in [0, 0.05) is 57.1 Å². The number of hydrogen-bond acceptors (Lipinski definition) is 4. The van der Waals surface area contributed by atoms with Crippen molar-refractivity contribution in [3.05, 3.63) is 312 Å². The van der Waals surface area contributed by atoms with Crippen molar-refractivity contribution in [2.75, 3.05) is 47.3 Å². The monoisotopic (exact) mass is 1420 g/mol. The number of nitrogens with zero attached hydrogens (tertiary/aromatic N) is 3. The molecule has 534 valence electrons. The van der Waals surface area contributed by atoms with E-state index in [0.717, 1.165) is 134 Å². The maximum atomic E-state index is 9.93. The Bertz CT molecular complexity index is 5190. The van der Waals surface area contributed by atoms with Gasteiger partial charge < -0.3 is 25.2 Å². The topological polar surface area (TPSA) is 59.1 Å². The lowest BCUT2D eigenvalue weighted by atomic mass is 9.33. The molecule has 106 heavy (non-hydrogen) atoms. The van der Waals surface area contributed by atoms with Crippen LogP contribution in [0.25, 0.3) is 72.0 Å². The summed E-state index contributed by atoms with van der Waals surface area (Å²) in [5.41, 5.74) is 27.6. The molecule has 14 rings (SSSR count). The summed E-state index contributed by atoms with van der Waals surface area (Å²) in [5.74, 6) is 0. The van der Waals surface area contributed by atoms with E-state index >= 15 is 0 Å². The largest absolute Gasteiger partial charge is 0.310 e. The summed E-state index contributed by atoms with van der Waals surface area (Å²) in [5, 5.41) is 22.3. The number of benzene rings is 11. The van der Waals surface area contributed by atoms with Crippen LogP contribution in [0.4, 0.5) is 22.7 Å². The predicted octanol–water partition coefficient (Wildman–Crippen LogP) is 24.4. The molecular formula is C98H102BN5S2. The van der Waals surface area contributed by atoms with Gasteiger partial charge in [0.15, 0.2) is 0 Å². The third kappa shape index (κ3) is 13.4. The zero-order valence-corrected chi connectivity index (χ0v) is 67.0. The molecule has 11 aromatic carbocycles. The quantitative estimate of drug-likeness (QED) is 0.0610. The lowest BCUT2D eigenvalue weighted by Crippen LogP contribution is -2.62. The number of fused-ring (bicyclic) bond motifs is 7. The lowest BCUT2D eigenvalue weighted by Gasteiger charge is -2.46. The van der Waals surface area contributed by atoms with Crippen molar-refractivity contribution in [1.29, 1.82) is 10.8 Å². The molecule has 12 aromatic rings. The van der Waals surface area contributed by atoms with E-state index in [-0.39, 0.29) is 21.7 Å². The van der Waals surface area contributed by atoms with Crippen molar-refractivity contribution in [2.45, 2.75) is 115 Å². The van der Waals surface area contributed by atoms with Gasteiger partial charge in [-0.05, 0) is 224 Å². The van der Waals surface area contributed by atoms with Crippen LogP contribution in [0.5, 0.6) is 0 Å². The molecule has 8 heteroatoms. The van der Waals surface area contributed by atoms with Crippen LogP contribution < -0.4 is 26.2 Å². The van der Waals surface area contributed by atoms with Crippen molar-refractivity contribution in [1.82, 2.24) is 4.57 Å². The van der Waals surface area contributed by atoms with Gasteiger partial charge in [-0.3, -0.25) is 0 Å². The van der Waals surface area contributed by atoms with Crippen LogP contribution in [-0.2, 0) is 21.7 Å². The van der Waals surface area contributed by atoms with E-state index < -0.39 is 26.8 Å². The van der Waals surface area contributed by atoms with Crippen LogP contribution in [0.3, 0.4) is 0 Å². The van der Waals surface area contributed by atoms with E-state index in [4.69, 9.17) is 13.2 Å². The first kappa shape index (κ1) is 72.8. The minimum atomic E-state index is -1.16. The Balaban J connectivity index is 1.23. The zero-order chi connectivity index (χ0) is 75.5. The zero-order valence-electron chi connectivity index (χ0n) is 65.4. The van der Waals surface area contributed by atoms with E-state index in [1.807, 2.05) is 0 Å². The number of nitrogens with one attached hydrogen (secondary N) is 2. The first-order valence-corrected chi connectivity index (χ1v) is 42.8. The molecule has 5 nitrogen and oxygen atoms in total. The van der Waals surface area contributed by atoms with Gasteiger partial charge in [-0.25, -0.2) is 20.1 Å². The Kier molecular flexibility index (Phi) is 18.6. The van der Waals surface area contributed by atoms with Crippen LogP contribution in [0.15, 0.2) is 277 Å². The standard InChI is InChI=1S/C98H102BN5S2/c1-63(65-33-25-21-26-34-65)93(82(61-100)67-37-29-23-30-38-67)103-88-45-41-69(71-49-73(95(3,4)5)55-74(50-71)96(6,7)8)53-84(88)99-85-54-70(72-51-75(97(9,10)11)56-76(52-72)98(12,13)14)42-46-89(85)104(94(64(2)66-35-27-22-28-36-66)83(62-101)68-39-31-24-32-40-68)91-58-77(57-90(103)92(91)99)102-86-47-43-78(105(15,16)17)59-80(86)81-60-79(106(18,19)20)44-48-87(81)102/h21-62,100-101H,1-2H2,3-20H3/b93-82-,94-83-,100-61?,101-62?. The average Bonchev–Trinajstić information content (AvgIpc) is 0.883. The molecule has 0 saturated heterocycles. The minimum absolute atomic E-state index is 0.143. The first-order valence-electron chi connectivity index (χ1n) is 37.1. The molecule has 2 N–H and O–H groups in total. The second-order valence-electron chi connectivity index (χ2n) is 34.7. The van der Waals surface area contributed by atoms with E-state index in [9.17, 15) is 10.8 Å². The molecule has 0 radical (unpaired) electrons. The van der Waals surface area contributed by atoms with Crippen LogP contribution >= 0.6 is 20.1 Å². The summed E-state index contributed by atoms with van der Waals surface area (Å²) in [6.07, 6.45) is 17.5. The molecule has 0 amide bonds. The highest BCUT2D eigenvalue weighted by molar-refractivity contribution is 8.32. The predicted molar refractivity (Wildman–Crippen MR) is 471 cm³/mol. The van der Waals surface area contributed by atoms with Crippen LogP contribution in [0.2, 0.25) is 0 Å². The Hall–Kier alpha value is -10.1. The summed E-state index contributed by atoms with van der Waals surface area (Å²) in [6.45, 7) is 37.9. The number of aromatic nitrogens is 1. The summed E-state index contributed by atoms with van der Waals surface area (Å²) in [4.78, 5) is 7.68. The van der Waals surface area contributed by atoms with E-state index in [1.165, 1.54) is 42.8 Å². The number of allylic oxidation sites excluding steroid dienone is 4. The van der Waals surface area contributed by atoms with Gasteiger partial charge in [-0.2, -0.15) is 0 Å². The van der Waals surface area contributed by atoms with Crippen LogP contribution in [0, 0.1) is 10.8 Å². The third-order valence-electron chi connectivity index (χ3n) is 21.7. The molecule has 0 unspecified atom stereocenters. The summed E-state index contributed by atoms with van der Waals surface area (Å²) >= 11 is 0. The molecule has 0 spiro atoms. The fourth-order valence-electron chi connectivity index (χ4n) is 15.5. The van der Waals surface area contributed by atoms with Crippen molar-refractivity contribution in [3.63, 3.8) is 0 Å². The SMILES string of the molecule is C=C(/C(=C(\C=N)c1ccccc1)N1c2ccc(-c3cc(C(C)(C)C)cc(C(C)(C)C)c3)cc2B2c3cc(-c4cc(C(C)(C)C)cc(C(C)(C)C)c4)ccc3N(/C(C(=C)c3ccccc3)=C(/C=N)c3ccccc3)c3cc(-n4c5ccc(S(C)(C)C)cc5c5cc(S(C)(C)C)ccc54)cc1c32)c1ccccc1. The Morgan fingerprint density at radius 3 is 0.972 bits per heavy atom. The van der Waals surface area contributed by atoms with E-state index in [0.29, 0.717) is 0 Å². The number of hydrogen-bond donors (Lipinski definition) is 2. The Morgan fingerprint density at radius 2 is 0.670 bits per heavy atom. The normalized spacial score (nSPS) is 14.1. The molecule has 0 atom stereocenters. The van der Waals surface area contributed by atoms with E-state index in [2.05, 4.69) is 378 Å². The molecule has 0 bridgehead atoms. The van der Waals surface area contributed by atoms with Gasteiger partial charge in [-0.15, -0.1) is 0 Å². The molecule has 1 aromatic heterocycles. The maximum absolute atomic E-state index is 9.93. The van der Waals surface area contributed by atoms with Crippen molar-refractivity contribution < 1.29 is 0 Å². The third-order valence-corrected chi connectivity index (χ3v) is 25.0. The van der Waals surface area contributed by atoms with Gasteiger partial charge >= 0.3 is 0 Å². The highest BCUT2D eigenvalue weighted by atomic mass is 32.3. The van der Waals surface area contributed by atoms with Crippen molar-refractivity contribution >= 4 is 122 Å². The molecular weight excluding hydrogens is 1320 g/mol. The fourth-order valence-corrected chi connectivity index (χ4v) is 17.4. The smallest absolute Gasteiger partial charge is 0.252 e. The molecule has 3 heterocycles. The summed E-state index contributed by atoms with van der Waals surface area (Å²) in [7, 11) is -2.31. The van der Waals surface area contributed by atoms with Gasteiger partial charge in [0.2, 0.25) is 0 Å². The van der Waals surface area contributed by atoms with Gasteiger partial charge in [0.25, 0.3) is 6.71 Å². The molecule has 0 saturated carbocycles. The number of anilines is 4. The van der Waals surface area contributed by atoms with Gasteiger partial charge in [0.05, 0.1) is 28.1 Å². The van der Waals surface area contributed by atoms with Crippen LogP contribution in [0.1, 0.15) is 128 Å². The minimum Gasteiger partial charge on any atom is -0.310 e. The number of rotatable bonds is 15. The fraction of sp³-hybridized carbons (Fsp3) is 0.224. The maximum Gasteiger partial charge on any atom is 0.252 e. The first-order chi connectivity index (χ1) is 50.1. The lowest BCUT2D eigenvalue weighted by molar-refractivity contribution is 0.568. The molecule has 2 aliphatic rings. The molecule has 0 aliphatic carbocycles.